The van der Waals surface area contributed by atoms with E-state index in [4.69, 9.17) is 21.1 Å². The summed E-state index contributed by atoms with van der Waals surface area (Å²) in [4.78, 5) is 12.6. The molecule has 0 saturated heterocycles. The van der Waals surface area contributed by atoms with Crippen molar-refractivity contribution in [2.45, 2.75) is 78.1 Å². The molecule has 4 heteroatoms. The maximum Gasteiger partial charge on any atom is 0.343 e. The summed E-state index contributed by atoms with van der Waals surface area (Å²) < 4.78 is 11.4. The summed E-state index contributed by atoms with van der Waals surface area (Å²) in [6.07, 6.45) is 12.0. The molecule has 0 heterocycles. The van der Waals surface area contributed by atoms with Gasteiger partial charge in [-0.3, -0.25) is 0 Å². The summed E-state index contributed by atoms with van der Waals surface area (Å²) in [5, 5.41) is 0.597. The van der Waals surface area contributed by atoms with Crippen LogP contribution < -0.4 is 9.47 Å². The summed E-state index contributed by atoms with van der Waals surface area (Å²) in [5.74, 6) is 0.911. The number of esters is 1. The van der Waals surface area contributed by atoms with Crippen molar-refractivity contribution in [2.75, 3.05) is 6.61 Å². The fourth-order valence-corrected chi connectivity index (χ4v) is 4.37. The van der Waals surface area contributed by atoms with Crippen molar-refractivity contribution in [3.05, 3.63) is 82.9 Å². The normalized spacial score (nSPS) is 10.9. The minimum absolute atomic E-state index is 0.364. The lowest BCUT2D eigenvalue weighted by atomic mass is 10.0. The van der Waals surface area contributed by atoms with Crippen molar-refractivity contribution >= 4 is 17.6 Å². The van der Waals surface area contributed by atoms with Crippen LogP contribution in [-0.4, -0.2) is 12.6 Å². The molecular formula is C32H39ClO3. The first-order valence-electron chi connectivity index (χ1n) is 13.4. The van der Waals surface area contributed by atoms with E-state index in [9.17, 15) is 4.79 Å². The van der Waals surface area contributed by atoms with Crippen LogP contribution in [0.5, 0.6) is 11.5 Å². The molecule has 0 atom stereocenters. The number of hydrogen-bond donors (Lipinski definition) is 0. The van der Waals surface area contributed by atoms with Crippen molar-refractivity contribution in [2.24, 2.45) is 0 Å². The van der Waals surface area contributed by atoms with Gasteiger partial charge in [0.1, 0.15) is 11.5 Å². The summed E-state index contributed by atoms with van der Waals surface area (Å²) in [5.41, 5.74) is 3.73. The Balaban J connectivity index is 1.50. The molecule has 0 aliphatic carbocycles. The number of hydrogen-bond acceptors (Lipinski definition) is 3. The average molecular weight is 507 g/mol. The largest absolute Gasteiger partial charge is 0.492 e. The van der Waals surface area contributed by atoms with E-state index in [-0.39, 0.29) is 5.97 Å². The number of unbranched alkanes of at least 4 members (excludes halogenated alkanes) is 7. The Labute approximate surface area is 221 Å². The predicted octanol–water partition coefficient (Wildman–Crippen LogP) is 9.70. The second kappa shape index (κ2) is 15.4. The van der Waals surface area contributed by atoms with Crippen LogP contribution in [0.25, 0.3) is 11.1 Å². The quantitative estimate of drug-likeness (QED) is 0.117. The van der Waals surface area contributed by atoms with Crippen molar-refractivity contribution < 1.29 is 14.3 Å². The van der Waals surface area contributed by atoms with Gasteiger partial charge in [0, 0.05) is 0 Å². The van der Waals surface area contributed by atoms with Gasteiger partial charge in [-0.15, -0.1) is 0 Å². The van der Waals surface area contributed by atoms with Crippen molar-refractivity contribution in [3.63, 3.8) is 0 Å². The zero-order valence-electron chi connectivity index (χ0n) is 21.7. The molecule has 0 N–H and O–H groups in total. The van der Waals surface area contributed by atoms with Gasteiger partial charge in [-0.2, -0.15) is 0 Å². The number of rotatable bonds is 15. The van der Waals surface area contributed by atoms with Gasteiger partial charge < -0.3 is 9.47 Å². The smallest absolute Gasteiger partial charge is 0.343 e. The molecule has 0 aliphatic heterocycles. The number of carbonyl (C=O) groups is 1. The molecule has 36 heavy (non-hydrogen) atoms. The Kier molecular flexibility index (Phi) is 11.9. The van der Waals surface area contributed by atoms with Crippen LogP contribution in [-0.2, 0) is 6.42 Å². The molecule has 0 fully saturated rings. The van der Waals surface area contributed by atoms with Gasteiger partial charge in [-0.05, 0) is 72.4 Å². The zero-order valence-corrected chi connectivity index (χ0v) is 22.5. The van der Waals surface area contributed by atoms with E-state index >= 15 is 0 Å². The van der Waals surface area contributed by atoms with Crippen molar-refractivity contribution in [1.82, 2.24) is 0 Å². The third-order valence-corrected chi connectivity index (χ3v) is 6.64. The zero-order chi connectivity index (χ0) is 25.6. The number of aryl methyl sites for hydroxylation is 1. The molecule has 0 saturated carbocycles. The van der Waals surface area contributed by atoms with E-state index in [2.05, 4.69) is 13.8 Å². The van der Waals surface area contributed by atoms with Gasteiger partial charge in [-0.1, -0.05) is 101 Å². The van der Waals surface area contributed by atoms with Crippen LogP contribution in [0.2, 0.25) is 5.02 Å². The van der Waals surface area contributed by atoms with Crippen LogP contribution in [0.4, 0.5) is 0 Å². The highest BCUT2D eigenvalue weighted by Crippen LogP contribution is 2.31. The number of carbonyl (C=O) groups excluding carboxylic acids is 1. The van der Waals surface area contributed by atoms with Crippen LogP contribution >= 0.6 is 11.6 Å². The fraction of sp³-hybridized carbons (Fsp3) is 0.406. The minimum Gasteiger partial charge on any atom is -0.492 e. The summed E-state index contributed by atoms with van der Waals surface area (Å²) in [6.45, 7) is 5.12. The van der Waals surface area contributed by atoms with E-state index in [1.165, 1.54) is 56.9 Å². The number of ether oxygens (including phenoxy) is 2. The van der Waals surface area contributed by atoms with Gasteiger partial charge in [0.25, 0.3) is 0 Å². The van der Waals surface area contributed by atoms with Crippen LogP contribution in [0.15, 0.2) is 66.7 Å². The molecule has 192 valence electrons. The SMILES string of the molecule is CCCCCCCCOc1ccc(-c2ccc(C(=O)Oc3ccc(CCCCC)cc3)cc2)cc1Cl. The predicted molar refractivity (Wildman–Crippen MR) is 150 cm³/mol. The van der Waals surface area contributed by atoms with Gasteiger partial charge >= 0.3 is 5.97 Å². The highest BCUT2D eigenvalue weighted by atomic mass is 35.5. The Hall–Kier alpha value is -2.78. The molecule has 0 aromatic heterocycles. The van der Waals surface area contributed by atoms with Gasteiger partial charge in [0.05, 0.1) is 17.2 Å². The van der Waals surface area contributed by atoms with Crippen molar-refractivity contribution in [3.8, 4) is 22.6 Å². The second-order valence-corrected chi connectivity index (χ2v) is 9.74. The lowest BCUT2D eigenvalue weighted by Gasteiger charge is -2.10. The van der Waals surface area contributed by atoms with E-state index in [1.807, 2.05) is 54.6 Å². The van der Waals surface area contributed by atoms with Gasteiger partial charge in [0.15, 0.2) is 0 Å². The standard InChI is InChI=1S/C32H39ClO3/c1-3-5-7-8-9-11-23-35-31-22-19-28(24-30(31)33)26-15-17-27(18-16-26)32(34)36-29-20-13-25(14-21-29)12-10-6-4-2/h13-22,24H,3-12,23H2,1-2H3. The van der Waals surface area contributed by atoms with E-state index < -0.39 is 0 Å². The molecule has 0 unspecified atom stereocenters. The maximum absolute atomic E-state index is 12.6. The third-order valence-electron chi connectivity index (χ3n) is 6.34. The second-order valence-electron chi connectivity index (χ2n) is 9.33. The molecule has 0 spiro atoms. The number of halogens is 1. The maximum atomic E-state index is 12.6. The van der Waals surface area contributed by atoms with E-state index in [0.717, 1.165) is 24.0 Å². The molecular weight excluding hydrogens is 468 g/mol. The highest BCUT2D eigenvalue weighted by molar-refractivity contribution is 6.32. The van der Waals surface area contributed by atoms with Crippen LogP contribution in [0, 0.1) is 0 Å². The van der Waals surface area contributed by atoms with E-state index in [0.29, 0.717) is 28.7 Å². The highest BCUT2D eigenvalue weighted by Gasteiger charge is 2.10. The molecule has 0 radical (unpaired) electrons. The minimum atomic E-state index is -0.364. The summed E-state index contributed by atoms with van der Waals surface area (Å²) in [7, 11) is 0. The first-order chi connectivity index (χ1) is 17.6. The molecule has 3 aromatic carbocycles. The monoisotopic (exact) mass is 506 g/mol. The summed E-state index contributed by atoms with van der Waals surface area (Å²) >= 11 is 6.48. The first-order valence-corrected chi connectivity index (χ1v) is 13.8. The number of benzene rings is 3. The van der Waals surface area contributed by atoms with Gasteiger partial charge in [0.2, 0.25) is 0 Å². The third kappa shape index (κ3) is 9.02. The van der Waals surface area contributed by atoms with E-state index in [1.54, 1.807) is 12.1 Å². The van der Waals surface area contributed by atoms with Crippen LogP contribution in [0.3, 0.4) is 0 Å². The lowest BCUT2D eigenvalue weighted by Crippen LogP contribution is -2.08. The Morgan fingerprint density at radius 3 is 2.06 bits per heavy atom. The van der Waals surface area contributed by atoms with Crippen molar-refractivity contribution in [1.29, 1.82) is 0 Å². The van der Waals surface area contributed by atoms with Gasteiger partial charge in [-0.25, -0.2) is 4.79 Å². The molecule has 0 bridgehead atoms. The van der Waals surface area contributed by atoms with Crippen LogP contribution in [0.1, 0.15) is 87.6 Å². The molecule has 3 aromatic rings. The molecule has 0 amide bonds. The molecule has 3 rings (SSSR count). The Morgan fingerprint density at radius 1 is 0.722 bits per heavy atom. The topological polar surface area (TPSA) is 35.5 Å². The molecule has 3 nitrogen and oxygen atoms in total. The fourth-order valence-electron chi connectivity index (χ4n) is 4.13. The first kappa shape index (κ1) is 27.8. The average Bonchev–Trinajstić information content (AvgIpc) is 2.90. The summed E-state index contributed by atoms with van der Waals surface area (Å²) in [6, 6.07) is 21.0. The molecule has 0 aliphatic rings. The Bertz CT molecular complexity index is 1060. The lowest BCUT2D eigenvalue weighted by molar-refractivity contribution is 0.0734. The Morgan fingerprint density at radius 2 is 1.36 bits per heavy atom.